The second kappa shape index (κ2) is 9.80. The summed E-state index contributed by atoms with van der Waals surface area (Å²) in [6.45, 7) is 1.76. The van der Waals surface area contributed by atoms with Crippen molar-refractivity contribution >= 4 is 11.9 Å². The lowest BCUT2D eigenvalue weighted by Crippen LogP contribution is -2.51. The lowest BCUT2D eigenvalue weighted by Gasteiger charge is -2.23. The Morgan fingerprint density at radius 2 is 1.70 bits per heavy atom. The molecule has 6 nitrogen and oxygen atoms in total. The lowest BCUT2D eigenvalue weighted by atomic mass is 10.0. The standard InChI is InChI=1S/C20H22FNO5/c1-13(27-12-15-5-3-2-4-6-15)19(24)22-17(18(23)20(25)26)11-14-7-9-16(21)10-8-14/h2-10,13,17-18,23H,11-12H2,1H3,(H,22,24)(H,25,26)/t13-,17-,18?/m1/s1. The monoisotopic (exact) mass is 375 g/mol. The van der Waals surface area contributed by atoms with E-state index in [2.05, 4.69) is 5.32 Å². The third-order valence-corrected chi connectivity index (χ3v) is 4.04. The Balaban J connectivity index is 1.99. The van der Waals surface area contributed by atoms with Crippen molar-refractivity contribution in [3.63, 3.8) is 0 Å². The summed E-state index contributed by atoms with van der Waals surface area (Å²) in [6, 6.07) is 13.6. The number of halogens is 1. The van der Waals surface area contributed by atoms with E-state index in [4.69, 9.17) is 9.84 Å². The third-order valence-electron chi connectivity index (χ3n) is 4.04. The number of carbonyl (C=O) groups excluding carboxylic acids is 1. The number of benzene rings is 2. The summed E-state index contributed by atoms with van der Waals surface area (Å²) in [7, 11) is 0. The van der Waals surface area contributed by atoms with Gasteiger partial charge in [-0.2, -0.15) is 0 Å². The van der Waals surface area contributed by atoms with Crippen molar-refractivity contribution in [1.82, 2.24) is 5.32 Å². The molecule has 0 aromatic heterocycles. The fourth-order valence-corrected chi connectivity index (χ4v) is 2.46. The van der Waals surface area contributed by atoms with Gasteiger partial charge in [0, 0.05) is 0 Å². The summed E-state index contributed by atoms with van der Waals surface area (Å²) in [6.07, 6.45) is -2.62. The molecule has 2 aromatic rings. The van der Waals surface area contributed by atoms with Crippen LogP contribution in [0.1, 0.15) is 18.1 Å². The van der Waals surface area contributed by atoms with E-state index >= 15 is 0 Å². The number of carboxylic acids is 1. The summed E-state index contributed by atoms with van der Waals surface area (Å²) >= 11 is 0. The number of carboxylic acid groups (broad SMARTS) is 1. The zero-order valence-electron chi connectivity index (χ0n) is 14.8. The van der Waals surface area contributed by atoms with Crippen LogP contribution in [0.25, 0.3) is 0 Å². The Hall–Kier alpha value is -2.77. The van der Waals surface area contributed by atoms with Gasteiger partial charge in [0.1, 0.15) is 11.9 Å². The number of hydrogen-bond donors (Lipinski definition) is 3. The van der Waals surface area contributed by atoms with E-state index in [1.54, 1.807) is 6.92 Å². The molecule has 2 aromatic carbocycles. The van der Waals surface area contributed by atoms with Crippen LogP contribution in [-0.2, 0) is 27.4 Å². The van der Waals surface area contributed by atoms with Crippen LogP contribution in [0.15, 0.2) is 54.6 Å². The summed E-state index contributed by atoms with van der Waals surface area (Å²) in [5.41, 5.74) is 1.48. The maximum Gasteiger partial charge on any atom is 0.334 e. The molecule has 1 amide bonds. The minimum absolute atomic E-state index is 0.0326. The first-order valence-electron chi connectivity index (χ1n) is 8.48. The number of aliphatic carboxylic acids is 1. The molecule has 7 heteroatoms. The quantitative estimate of drug-likeness (QED) is 0.622. The van der Waals surface area contributed by atoms with E-state index in [9.17, 15) is 19.1 Å². The number of amides is 1. The topological polar surface area (TPSA) is 95.9 Å². The molecule has 0 bridgehead atoms. The maximum absolute atomic E-state index is 13.0. The van der Waals surface area contributed by atoms with Crippen LogP contribution >= 0.6 is 0 Å². The first-order valence-corrected chi connectivity index (χ1v) is 8.48. The first-order chi connectivity index (χ1) is 12.9. The molecule has 0 saturated carbocycles. The van der Waals surface area contributed by atoms with Crippen LogP contribution < -0.4 is 5.32 Å². The van der Waals surface area contributed by atoms with Crippen LogP contribution in [0.4, 0.5) is 4.39 Å². The third kappa shape index (κ3) is 6.47. The van der Waals surface area contributed by atoms with E-state index in [-0.39, 0.29) is 13.0 Å². The summed E-state index contributed by atoms with van der Waals surface area (Å²) in [4.78, 5) is 23.5. The minimum atomic E-state index is -1.81. The van der Waals surface area contributed by atoms with Crippen LogP contribution in [0.5, 0.6) is 0 Å². The fourth-order valence-electron chi connectivity index (χ4n) is 2.46. The van der Waals surface area contributed by atoms with Crippen molar-refractivity contribution in [3.8, 4) is 0 Å². The molecule has 0 spiro atoms. The Morgan fingerprint density at radius 3 is 2.30 bits per heavy atom. The SMILES string of the molecule is C[C@@H](OCc1ccccc1)C(=O)N[C@H](Cc1ccc(F)cc1)C(O)C(=O)O. The highest BCUT2D eigenvalue weighted by Crippen LogP contribution is 2.10. The minimum Gasteiger partial charge on any atom is -0.479 e. The highest BCUT2D eigenvalue weighted by Gasteiger charge is 2.29. The van der Waals surface area contributed by atoms with Crippen molar-refractivity contribution in [2.75, 3.05) is 0 Å². The second-order valence-electron chi connectivity index (χ2n) is 6.17. The molecule has 2 rings (SSSR count). The average Bonchev–Trinajstić information content (AvgIpc) is 2.67. The zero-order chi connectivity index (χ0) is 19.8. The summed E-state index contributed by atoms with van der Waals surface area (Å²) in [5.74, 6) is -2.43. The molecule has 0 aliphatic rings. The Labute approximate surface area is 156 Å². The van der Waals surface area contributed by atoms with Gasteiger partial charge < -0.3 is 20.3 Å². The highest BCUT2D eigenvalue weighted by atomic mass is 19.1. The van der Waals surface area contributed by atoms with Gasteiger partial charge in [0.15, 0.2) is 6.10 Å². The predicted molar refractivity (Wildman–Crippen MR) is 96.4 cm³/mol. The number of aliphatic hydroxyl groups is 1. The van der Waals surface area contributed by atoms with Gasteiger partial charge >= 0.3 is 5.97 Å². The van der Waals surface area contributed by atoms with Crippen molar-refractivity contribution in [3.05, 3.63) is 71.5 Å². The number of nitrogens with one attached hydrogen (secondary N) is 1. The van der Waals surface area contributed by atoms with Crippen LogP contribution in [0.2, 0.25) is 0 Å². The number of carbonyl (C=O) groups is 2. The van der Waals surface area contributed by atoms with Crippen molar-refractivity contribution < 1.29 is 28.9 Å². The maximum atomic E-state index is 13.0. The van der Waals surface area contributed by atoms with Crippen LogP contribution in [0, 0.1) is 5.82 Å². The summed E-state index contributed by atoms with van der Waals surface area (Å²) in [5, 5.41) is 21.5. The van der Waals surface area contributed by atoms with Gasteiger partial charge in [-0.3, -0.25) is 4.79 Å². The largest absolute Gasteiger partial charge is 0.479 e. The average molecular weight is 375 g/mol. The van der Waals surface area contributed by atoms with Crippen molar-refractivity contribution in [1.29, 1.82) is 0 Å². The second-order valence-corrected chi connectivity index (χ2v) is 6.17. The first kappa shape index (κ1) is 20.5. The number of aliphatic hydroxyl groups excluding tert-OH is 1. The molecule has 3 atom stereocenters. The van der Waals surface area contributed by atoms with Gasteiger partial charge in [0.05, 0.1) is 12.6 Å². The molecule has 0 saturated heterocycles. The smallest absolute Gasteiger partial charge is 0.334 e. The molecule has 27 heavy (non-hydrogen) atoms. The molecule has 0 fully saturated rings. The van der Waals surface area contributed by atoms with Crippen LogP contribution in [-0.4, -0.2) is 40.3 Å². The van der Waals surface area contributed by atoms with Gasteiger partial charge in [-0.1, -0.05) is 42.5 Å². The highest BCUT2D eigenvalue weighted by molar-refractivity contribution is 5.82. The Morgan fingerprint density at radius 1 is 1.07 bits per heavy atom. The predicted octanol–water partition coefficient (Wildman–Crippen LogP) is 1.90. The molecule has 1 unspecified atom stereocenters. The van der Waals surface area contributed by atoms with E-state index in [1.165, 1.54) is 24.3 Å². The zero-order valence-corrected chi connectivity index (χ0v) is 14.8. The summed E-state index contributed by atoms with van der Waals surface area (Å²) < 4.78 is 18.5. The molecule has 0 heterocycles. The molecule has 3 N–H and O–H groups in total. The van der Waals surface area contributed by atoms with Gasteiger partial charge in [0.25, 0.3) is 0 Å². The van der Waals surface area contributed by atoms with Gasteiger partial charge in [-0.05, 0) is 36.6 Å². The van der Waals surface area contributed by atoms with E-state index in [0.717, 1.165) is 5.56 Å². The van der Waals surface area contributed by atoms with Crippen molar-refractivity contribution in [2.24, 2.45) is 0 Å². The molecule has 0 aliphatic carbocycles. The lowest BCUT2D eigenvalue weighted by molar-refractivity contribution is -0.149. The van der Waals surface area contributed by atoms with Crippen LogP contribution in [0.3, 0.4) is 0 Å². The van der Waals surface area contributed by atoms with E-state index in [1.807, 2.05) is 30.3 Å². The number of hydrogen-bond acceptors (Lipinski definition) is 4. The van der Waals surface area contributed by atoms with Crippen molar-refractivity contribution in [2.45, 2.75) is 38.2 Å². The molecular formula is C20H22FNO5. The molecule has 0 radical (unpaired) electrons. The molecular weight excluding hydrogens is 353 g/mol. The fraction of sp³-hybridized carbons (Fsp3) is 0.300. The Bertz CT molecular complexity index is 751. The molecule has 144 valence electrons. The van der Waals surface area contributed by atoms with Gasteiger partial charge in [-0.15, -0.1) is 0 Å². The van der Waals surface area contributed by atoms with Gasteiger partial charge in [-0.25, -0.2) is 9.18 Å². The molecule has 0 aliphatic heterocycles. The van der Waals surface area contributed by atoms with E-state index < -0.39 is 35.9 Å². The van der Waals surface area contributed by atoms with Gasteiger partial charge in [0.2, 0.25) is 5.91 Å². The van der Waals surface area contributed by atoms with E-state index in [0.29, 0.717) is 5.56 Å². The normalized spacial score (nSPS) is 14.2. The Kier molecular flexibility index (Phi) is 7.45. The number of rotatable bonds is 9. The number of ether oxygens (including phenoxy) is 1.